The van der Waals surface area contributed by atoms with Crippen molar-refractivity contribution in [2.45, 2.75) is 42.2 Å². The van der Waals surface area contributed by atoms with E-state index in [1.165, 1.54) is 60.2 Å². The maximum Gasteiger partial charge on any atom is 0.238 e. The number of nitrogens with two attached hydrogens (primary N) is 1. The van der Waals surface area contributed by atoms with Crippen LogP contribution in [0.2, 0.25) is 0 Å². The smallest absolute Gasteiger partial charge is 0.238 e. The Kier molecular flexibility index (Phi) is 6.90. The second-order valence-electron chi connectivity index (χ2n) is 8.79. The van der Waals surface area contributed by atoms with Crippen molar-refractivity contribution in [1.82, 2.24) is 14.8 Å². The summed E-state index contributed by atoms with van der Waals surface area (Å²) in [5.74, 6) is 0.454. The van der Waals surface area contributed by atoms with Crippen molar-refractivity contribution in [3.8, 4) is 5.69 Å². The molecule has 5 rings (SSSR count). The van der Waals surface area contributed by atoms with Crippen LogP contribution in [0, 0.1) is 6.92 Å². The molecule has 4 aromatic rings. The van der Waals surface area contributed by atoms with Crippen molar-refractivity contribution in [2.75, 3.05) is 11.1 Å². The summed E-state index contributed by atoms with van der Waals surface area (Å²) in [6, 6.07) is 17.0. The predicted octanol–water partition coefficient (Wildman–Crippen LogP) is 5.14. The van der Waals surface area contributed by atoms with E-state index in [-0.39, 0.29) is 16.6 Å². The summed E-state index contributed by atoms with van der Waals surface area (Å²) in [7, 11) is -3.81. The van der Waals surface area contributed by atoms with Crippen molar-refractivity contribution in [3.63, 3.8) is 0 Å². The molecule has 3 N–H and O–H groups in total. The molecule has 0 spiro atoms. The van der Waals surface area contributed by atoms with Crippen molar-refractivity contribution >= 4 is 60.1 Å². The predicted molar refractivity (Wildman–Crippen MR) is 145 cm³/mol. The SMILES string of the molecule is Cc1cc(S(N)(=O)=O)ccc1NC(=O)CSc1nnc(Br)n1-c1ccc(C2CCC2)c2ccccc12. The van der Waals surface area contributed by atoms with Gasteiger partial charge in [0, 0.05) is 11.1 Å². The normalized spacial score (nSPS) is 14.1. The number of carbonyl (C=O) groups is 1. The lowest BCUT2D eigenvalue weighted by atomic mass is 9.78. The number of nitrogens with zero attached hydrogens (tertiary/aromatic N) is 3. The zero-order valence-electron chi connectivity index (χ0n) is 19.4. The number of nitrogens with one attached hydrogen (secondary N) is 1. The van der Waals surface area contributed by atoms with Crippen LogP contribution in [0.15, 0.2) is 69.4 Å². The Morgan fingerprint density at radius 2 is 1.89 bits per heavy atom. The highest BCUT2D eigenvalue weighted by Gasteiger charge is 2.23. The molecule has 1 aromatic heterocycles. The number of aromatic nitrogens is 3. The molecule has 0 radical (unpaired) electrons. The van der Waals surface area contributed by atoms with Gasteiger partial charge >= 0.3 is 0 Å². The van der Waals surface area contributed by atoms with Crippen molar-refractivity contribution in [3.05, 3.63) is 70.5 Å². The standard InChI is InChI=1S/C25H24BrN5O3S2/c1-15-13-17(36(27,33)34)9-11-21(15)28-23(32)14-35-25-30-29-24(26)31(25)22-12-10-18(16-5-4-6-16)19-7-2-3-8-20(19)22/h2-3,7-13,16H,4-6,14H2,1H3,(H,28,32)(H2,27,33,34). The molecule has 1 amide bonds. The average molecular weight is 587 g/mol. The van der Waals surface area contributed by atoms with E-state index in [0.29, 0.717) is 27.1 Å². The zero-order valence-corrected chi connectivity index (χ0v) is 22.7. The number of benzene rings is 3. The molecule has 1 aliphatic carbocycles. The van der Waals surface area contributed by atoms with Gasteiger partial charge in [-0.05, 0) is 82.4 Å². The van der Waals surface area contributed by atoms with Crippen LogP contribution < -0.4 is 10.5 Å². The Labute approximate surface area is 221 Å². The molecule has 0 bridgehead atoms. The van der Waals surface area contributed by atoms with Gasteiger partial charge in [0.25, 0.3) is 0 Å². The number of hydrogen-bond donors (Lipinski definition) is 2. The lowest BCUT2D eigenvalue weighted by Crippen LogP contribution is -2.16. The van der Waals surface area contributed by atoms with E-state index >= 15 is 0 Å². The van der Waals surface area contributed by atoms with Crippen molar-refractivity contribution in [2.24, 2.45) is 5.14 Å². The van der Waals surface area contributed by atoms with E-state index in [1.807, 2.05) is 10.6 Å². The van der Waals surface area contributed by atoms with Gasteiger partial charge in [0.05, 0.1) is 16.3 Å². The molecule has 1 saturated carbocycles. The van der Waals surface area contributed by atoms with Crippen LogP contribution in [-0.2, 0) is 14.8 Å². The van der Waals surface area contributed by atoms with Gasteiger partial charge in [-0.25, -0.2) is 13.6 Å². The zero-order chi connectivity index (χ0) is 25.4. The first-order valence-electron chi connectivity index (χ1n) is 11.4. The van der Waals surface area contributed by atoms with Crippen molar-refractivity contribution in [1.29, 1.82) is 0 Å². The number of primary sulfonamides is 1. The molecule has 186 valence electrons. The molecule has 8 nitrogen and oxygen atoms in total. The molecule has 0 atom stereocenters. The Hall–Kier alpha value is -2.73. The molecule has 0 saturated heterocycles. The maximum atomic E-state index is 12.7. The fourth-order valence-corrected chi connectivity index (χ4v) is 6.29. The number of fused-ring (bicyclic) bond motifs is 1. The maximum absolute atomic E-state index is 12.7. The highest BCUT2D eigenvalue weighted by molar-refractivity contribution is 9.10. The molecule has 36 heavy (non-hydrogen) atoms. The van der Waals surface area contributed by atoms with E-state index < -0.39 is 10.0 Å². The summed E-state index contributed by atoms with van der Waals surface area (Å²) >= 11 is 4.79. The summed E-state index contributed by atoms with van der Waals surface area (Å²) in [6.45, 7) is 1.71. The Bertz CT molecular complexity index is 1580. The van der Waals surface area contributed by atoms with E-state index in [2.05, 4.69) is 61.8 Å². The fraction of sp³-hybridized carbons (Fsp3) is 0.240. The van der Waals surface area contributed by atoms with Crippen LogP contribution >= 0.6 is 27.7 Å². The second-order valence-corrected chi connectivity index (χ2v) is 12.0. The minimum atomic E-state index is -3.81. The Morgan fingerprint density at radius 1 is 1.14 bits per heavy atom. The van der Waals surface area contributed by atoms with Gasteiger partial charge in [0.1, 0.15) is 0 Å². The Morgan fingerprint density at radius 3 is 2.56 bits per heavy atom. The van der Waals surface area contributed by atoms with Crippen LogP contribution in [0.25, 0.3) is 16.5 Å². The monoisotopic (exact) mass is 585 g/mol. The summed E-state index contributed by atoms with van der Waals surface area (Å²) in [6.07, 6.45) is 3.72. The fourth-order valence-electron chi connectivity index (χ4n) is 4.39. The van der Waals surface area contributed by atoms with Crippen LogP contribution in [0.5, 0.6) is 0 Å². The number of carbonyl (C=O) groups excluding carboxylic acids is 1. The van der Waals surface area contributed by atoms with Crippen LogP contribution in [0.3, 0.4) is 0 Å². The summed E-state index contributed by atoms with van der Waals surface area (Å²) in [5, 5.41) is 19.4. The van der Waals surface area contributed by atoms with Crippen LogP contribution in [0.4, 0.5) is 5.69 Å². The lowest BCUT2D eigenvalue weighted by Gasteiger charge is -2.27. The lowest BCUT2D eigenvalue weighted by molar-refractivity contribution is -0.113. The highest BCUT2D eigenvalue weighted by Crippen LogP contribution is 2.41. The van der Waals surface area contributed by atoms with Crippen LogP contribution in [0.1, 0.15) is 36.3 Å². The van der Waals surface area contributed by atoms with E-state index in [4.69, 9.17) is 5.14 Å². The first-order chi connectivity index (χ1) is 17.2. The molecular weight excluding hydrogens is 562 g/mol. The number of hydrogen-bond acceptors (Lipinski definition) is 6. The molecular formula is C25H24BrN5O3S2. The topological polar surface area (TPSA) is 120 Å². The second kappa shape index (κ2) is 9.97. The largest absolute Gasteiger partial charge is 0.325 e. The number of amides is 1. The molecule has 0 aliphatic heterocycles. The number of anilines is 1. The van der Waals surface area contributed by atoms with Gasteiger partial charge in [0.2, 0.25) is 20.7 Å². The molecule has 11 heteroatoms. The summed E-state index contributed by atoms with van der Waals surface area (Å²) in [4.78, 5) is 12.7. The number of thioether (sulfide) groups is 1. The molecule has 1 heterocycles. The third-order valence-electron chi connectivity index (χ3n) is 6.45. The van der Waals surface area contributed by atoms with Crippen LogP contribution in [-0.4, -0.2) is 34.8 Å². The minimum absolute atomic E-state index is 0.000814. The first kappa shape index (κ1) is 24.9. The molecule has 1 fully saturated rings. The molecule has 0 unspecified atom stereocenters. The third-order valence-corrected chi connectivity index (χ3v) is 8.80. The average Bonchev–Trinajstić information content (AvgIpc) is 3.17. The summed E-state index contributed by atoms with van der Waals surface area (Å²) < 4.78 is 25.6. The van der Waals surface area contributed by atoms with Gasteiger partial charge < -0.3 is 5.32 Å². The number of halogens is 1. The highest BCUT2D eigenvalue weighted by atomic mass is 79.9. The van der Waals surface area contributed by atoms with E-state index in [1.54, 1.807) is 6.92 Å². The molecule has 3 aromatic carbocycles. The van der Waals surface area contributed by atoms with Gasteiger partial charge in [-0.1, -0.05) is 48.5 Å². The van der Waals surface area contributed by atoms with Gasteiger partial charge in [-0.3, -0.25) is 9.36 Å². The number of aryl methyl sites for hydroxylation is 1. The van der Waals surface area contributed by atoms with Gasteiger partial charge in [0.15, 0.2) is 5.16 Å². The summed E-state index contributed by atoms with van der Waals surface area (Å²) in [5.41, 5.74) is 3.45. The first-order valence-corrected chi connectivity index (χ1v) is 14.7. The van der Waals surface area contributed by atoms with Crippen molar-refractivity contribution < 1.29 is 13.2 Å². The number of sulfonamides is 1. The quantitative estimate of drug-likeness (QED) is 0.290. The minimum Gasteiger partial charge on any atom is -0.325 e. The van der Waals surface area contributed by atoms with Gasteiger partial charge in [-0.2, -0.15) is 0 Å². The molecule has 1 aliphatic rings. The van der Waals surface area contributed by atoms with Gasteiger partial charge in [-0.15, -0.1) is 10.2 Å². The Balaban J connectivity index is 1.37. The third kappa shape index (κ3) is 4.93. The van der Waals surface area contributed by atoms with E-state index in [0.717, 1.165) is 11.1 Å². The van der Waals surface area contributed by atoms with E-state index in [9.17, 15) is 13.2 Å². The number of rotatable bonds is 7.